The summed E-state index contributed by atoms with van der Waals surface area (Å²) < 4.78 is 0. The Morgan fingerprint density at radius 2 is 1.81 bits per heavy atom. The zero-order valence-electron chi connectivity index (χ0n) is 10.8. The first kappa shape index (κ1) is 12.6. The number of hydrogen-bond donors (Lipinski definition) is 0. The van der Waals surface area contributed by atoms with Gasteiger partial charge in [-0.15, -0.1) is 0 Å². The van der Waals surface area contributed by atoms with Crippen LogP contribution in [0.2, 0.25) is 0 Å². The Kier molecular flexibility index (Phi) is 4.41. The third-order valence-corrected chi connectivity index (χ3v) is 2.84. The molecule has 0 N–H and O–H groups in total. The normalized spacial score (nSPS) is 10.0. The number of rotatable bonds is 5. The van der Waals surface area contributed by atoms with Crippen LogP contribution in [0.1, 0.15) is 19.4 Å². The molecule has 0 aromatic heterocycles. The van der Waals surface area contributed by atoms with Gasteiger partial charge in [-0.1, -0.05) is 18.7 Å². The molecule has 2 nitrogen and oxygen atoms in total. The monoisotopic (exact) mass is 218 g/mol. The summed E-state index contributed by atoms with van der Waals surface area (Å²) in [6.07, 6.45) is 1.90. The van der Waals surface area contributed by atoms with Crippen molar-refractivity contribution in [2.45, 2.75) is 13.8 Å². The van der Waals surface area contributed by atoms with Crippen molar-refractivity contribution in [1.82, 2.24) is 0 Å². The standard InChI is InChI=1S/C14H22N2/c1-6-12-9-10-13(16(7-2)8-3)11-14(12)15(4)5/h6,9-11H,1,7-8H2,2-5H3. The molecular formula is C14H22N2. The minimum absolute atomic E-state index is 1.04. The molecule has 1 aromatic carbocycles. The molecule has 0 saturated heterocycles. The third-order valence-electron chi connectivity index (χ3n) is 2.84. The largest absolute Gasteiger partial charge is 0.377 e. The molecule has 0 unspecified atom stereocenters. The third kappa shape index (κ3) is 2.57. The van der Waals surface area contributed by atoms with E-state index >= 15 is 0 Å². The van der Waals surface area contributed by atoms with Crippen LogP contribution in [-0.4, -0.2) is 27.2 Å². The van der Waals surface area contributed by atoms with Crippen LogP contribution < -0.4 is 9.80 Å². The highest BCUT2D eigenvalue weighted by atomic mass is 15.1. The quantitative estimate of drug-likeness (QED) is 0.748. The second kappa shape index (κ2) is 5.59. The molecule has 0 fully saturated rings. The molecule has 0 aliphatic rings. The minimum atomic E-state index is 1.04. The molecule has 0 atom stereocenters. The van der Waals surface area contributed by atoms with Gasteiger partial charge in [0.05, 0.1) is 0 Å². The zero-order chi connectivity index (χ0) is 12.1. The lowest BCUT2D eigenvalue weighted by Gasteiger charge is -2.24. The highest BCUT2D eigenvalue weighted by Gasteiger charge is 2.06. The predicted molar refractivity (Wildman–Crippen MR) is 74.4 cm³/mol. The van der Waals surface area contributed by atoms with Gasteiger partial charge >= 0.3 is 0 Å². The average molecular weight is 218 g/mol. The molecule has 2 heteroatoms. The second-order valence-corrected chi connectivity index (χ2v) is 4.01. The Labute approximate surface area is 99.2 Å². The number of hydrogen-bond acceptors (Lipinski definition) is 2. The molecule has 88 valence electrons. The Hall–Kier alpha value is -1.44. The lowest BCUT2D eigenvalue weighted by atomic mass is 10.1. The maximum atomic E-state index is 3.85. The van der Waals surface area contributed by atoms with E-state index in [0.29, 0.717) is 0 Å². The molecule has 0 spiro atoms. The van der Waals surface area contributed by atoms with Crippen molar-refractivity contribution in [1.29, 1.82) is 0 Å². The maximum absolute atomic E-state index is 3.85. The average Bonchev–Trinajstić information content (AvgIpc) is 2.30. The van der Waals surface area contributed by atoms with Gasteiger partial charge in [0.2, 0.25) is 0 Å². The van der Waals surface area contributed by atoms with E-state index in [2.05, 4.69) is 62.5 Å². The molecule has 1 rings (SSSR count). The molecular weight excluding hydrogens is 196 g/mol. The first-order valence-electron chi connectivity index (χ1n) is 5.82. The number of nitrogens with zero attached hydrogens (tertiary/aromatic N) is 2. The van der Waals surface area contributed by atoms with E-state index in [1.807, 2.05) is 6.08 Å². The Balaban J connectivity index is 3.15. The van der Waals surface area contributed by atoms with Gasteiger partial charge in [0.15, 0.2) is 0 Å². The smallest absolute Gasteiger partial charge is 0.0455 e. The van der Waals surface area contributed by atoms with Crippen molar-refractivity contribution in [3.8, 4) is 0 Å². The first-order chi connectivity index (χ1) is 7.63. The summed E-state index contributed by atoms with van der Waals surface area (Å²) in [5, 5.41) is 0. The number of benzene rings is 1. The van der Waals surface area contributed by atoms with Gasteiger partial charge in [-0.3, -0.25) is 0 Å². The fraction of sp³-hybridized carbons (Fsp3) is 0.429. The van der Waals surface area contributed by atoms with Gasteiger partial charge in [0.25, 0.3) is 0 Å². The van der Waals surface area contributed by atoms with Gasteiger partial charge < -0.3 is 9.80 Å². The van der Waals surface area contributed by atoms with Crippen LogP contribution >= 0.6 is 0 Å². The van der Waals surface area contributed by atoms with Crippen molar-refractivity contribution >= 4 is 17.5 Å². The van der Waals surface area contributed by atoms with Gasteiger partial charge in [-0.05, 0) is 31.5 Å². The van der Waals surface area contributed by atoms with Gasteiger partial charge in [0, 0.05) is 38.6 Å². The Bertz CT molecular complexity index is 352. The van der Waals surface area contributed by atoms with E-state index < -0.39 is 0 Å². The van der Waals surface area contributed by atoms with Crippen LogP contribution in [0.25, 0.3) is 6.08 Å². The van der Waals surface area contributed by atoms with E-state index in [9.17, 15) is 0 Å². The fourth-order valence-electron chi connectivity index (χ4n) is 1.88. The predicted octanol–water partition coefficient (Wildman–Crippen LogP) is 3.24. The van der Waals surface area contributed by atoms with Crippen LogP contribution in [0.15, 0.2) is 24.8 Å². The summed E-state index contributed by atoms with van der Waals surface area (Å²) in [6, 6.07) is 6.52. The lowest BCUT2D eigenvalue weighted by molar-refractivity contribution is 0.865. The maximum Gasteiger partial charge on any atom is 0.0455 e. The van der Waals surface area contributed by atoms with Crippen LogP contribution in [-0.2, 0) is 0 Å². The molecule has 0 amide bonds. The van der Waals surface area contributed by atoms with Crippen molar-refractivity contribution in [2.75, 3.05) is 37.0 Å². The molecule has 0 aliphatic carbocycles. The highest BCUT2D eigenvalue weighted by Crippen LogP contribution is 2.26. The summed E-state index contributed by atoms with van der Waals surface area (Å²) >= 11 is 0. The fourth-order valence-corrected chi connectivity index (χ4v) is 1.88. The van der Waals surface area contributed by atoms with Gasteiger partial charge in [-0.25, -0.2) is 0 Å². The van der Waals surface area contributed by atoms with Crippen molar-refractivity contribution < 1.29 is 0 Å². The minimum Gasteiger partial charge on any atom is -0.377 e. The van der Waals surface area contributed by atoms with E-state index in [0.717, 1.165) is 13.1 Å². The lowest BCUT2D eigenvalue weighted by Crippen LogP contribution is -2.22. The van der Waals surface area contributed by atoms with E-state index in [1.54, 1.807) is 0 Å². The zero-order valence-corrected chi connectivity index (χ0v) is 10.8. The van der Waals surface area contributed by atoms with E-state index in [4.69, 9.17) is 0 Å². The van der Waals surface area contributed by atoms with E-state index in [1.165, 1.54) is 16.9 Å². The summed E-state index contributed by atoms with van der Waals surface area (Å²) in [4.78, 5) is 4.48. The topological polar surface area (TPSA) is 6.48 Å². The summed E-state index contributed by atoms with van der Waals surface area (Å²) in [5.74, 6) is 0. The Morgan fingerprint density at radius 3 is 2.25 bits per heavy atom. The second-order valence-electron chi connectivity index (χ2n) is 4.01. The molecule has 0 aliphatic heterocycles. The molecule has 0 bridgehead atoms. The van der Waals surface area contributed by atoms with Crippen molar-refractivity contribution in [3.05, 3.63) is 30.3 Å². The molecule has 0 radical (unpaired) electrons. The SMILES string of the molecule is C=Cc1ccc(N(CC)CC)cc1N(C)C. The van der Waals surface area contributed by atoms with Crippen LogP contribution in [0.4, 0.5) is 11.4 Å². The molecule has 16 heavy (non-hydrogen) atoms. The Morgan fingerprint density at radius 1 is 1.19 bits per heavy atom. The van der Waals surface area contributed by atoms with E-state index in [-0.39, 0.29) is 0 Å². The van der Waals surface area contributed by atoms with Crippen molar-refractivity contribution in [2.24, 2.45) is 0 Å². The van der Waals surface area contributed by atoms with Crippen LogP contribution in [0, 0.1) is 0 Å². The van der Waals surface area contributed by atoms with Gasteiger partial charge in [0.1, 0.15) is 0 Å². The molecule has 0 heterocycles. The summed E-state index contributed by atoms with van der Waals surface area (Å²) in [5.41, 5.74) is 3.68. The number of anilines is 2. The summed E-state index contributed by atoms with van der Waals surface area (Å²) in [6.45, 7) is 10.3. The summed E-state index contributed by atoms with van der Waals surface area (Å²) in [7, 11) is 4.13. The van der Waals surface area contributed by atoms with Crippen LogP contribution in [0.5, 0.6) is 0 Å². The first-order valence-corrected chi connectivity index (χ1v) is 5.82. The van der Waals surface area contributed by atoms with Crippen molar-refractivity contribution in [3.63, 3.8) is 0 Å². The van der Waals surface area contributed by atoms with Crippen LogP contribution in [0.3, 0.4) is 0 Å². The molecule has 1 aromatic rings. The van der Waals surface area contributed by atoms with Gasteiger partial charge in [-0.2, -0.15) is 0 Å². The molecule has 0 saturated carbocycles. The highest BCUT2D eigenvalue weighted by molar-refractivity contribution is 5.71.